The minimum absolute atomic E-state index is 0.0769. The van der Waals surface area contributed by atoms with Crippen LogP contribution in [0.15, 0.2) is 16.6 Å². The number of hydrogen-bond donors (Lipinski definition) is 2. The fourth-order valence-corrected chi connectivity index (χ4v) is 1.33. The maximum absolute atomic E-state index is 12.8. The summed E-state index contributed by atoms with van der Waals surface area (Å²) in [4.78, 5) is 10.5. The minimum Gasteiger partial charge on any atom is -0.351 e. The highest BCUT2D eigenvalue weighted by molar-refractivity contribution is 9.10. The molecule has 0 aromatic heterocycles. The Morgan fingerprint density at radius 3 is 2.77 bits per heavy atom. The van der Waals surface area contributed by atoms with E-state index in [1.807, 2.05) is 0 Å². The summed E-state index contributed by atoms with van der Waals surface area (Å²) in [5.41, 5.74) is 5.21. The molecule has 0 aliphatic carbocycles. The fraction of sp³-hybridized carbons (Fsp3) is 0. The normalized spacial score (nSPS) is 9.77. The molecule has 0 aliphatic heterocycles. The van der Waals surface area contributed by atoms with Gasteiger partial charge in [0, 0.05) is 4.47 Å². The Hall–Kier alpha value is -0.810. The van der Waals surface area contributed by atoms with Gasteiger partial charge < -0.3 is 11.1 Å². The molecular weight excluding hydrogens is 262 g/mol. The largest absolute Gasteiger partial charge is 0.351 e. The molecule has 0 unspecified atom stereocenters. The van der Waals surface area contributed by atoms with Gasteiger partial charge in [0.05, 0.1) is 10.7 Å². The predicted octanol–water partition coefficient (Wildman–Crippen LogP) is 2.73. The lowest BCUT2D eigenvalue weighted by molar-refractivity contribution is 0.259. The average molecular weight is 267 g/mol. The van der Waals surface area contributed by atoms with Crippen LogP contribution in [0.25, 0.3) is 0 Å². The lowest BCUT2D eigenvalue weighted by Gasteiger charge is -2.05. The van der Waals surface area contributed by atoms with Crippen molar-refractivity contribution in [3.63, 3.8) is 0 Å². The van der Waals surface area contributed by atoms with Crippen molar-refractivity contribution in [2.75, 3.05) is 5.32 Å². The number of hydrogen-bond acceptors (Lipinski definition) is 1. The second-order valence-corrected chi connectivity index (χ2v) is 3.50. The number of anilines is 1. The fourth-order valence-electron chi connectivity index (χ4n) is 0.751. The van der Waals surface area contributed by atoms with E-state index in [0.29, 0.717) is 10.2 Å². The van der Waals surface area contributed by atoms with Crippen molar-refractivity contribution in [2.24, 2.45) is 5.73 Å². The third-order valence-corrected chi connectivity index (χ3v) is 2.21. The van der Waals surface area contributed by atoms with Crippen LogP contribution < -0.4 is 11.1 Å². The molecule has 0 saturated carbocycles. The van der Waals surface area contributed by atoms with Gasteiger partial charge in [0.25, 0.3) is 0 Å². The van der Waals surface area contributed by atoms with E-state index in [4.69, 9.17) is 17.3 Å². The number of rotatable bonds is 1. The summed E-state index contributed by atoms with van der Waals surface area (Å²) in [5.74, 6) is -0.566. The first-order valence-electron chi connectivity index (χ1n) is 3.21. The summed E-state index contributed by atoms with van der Waals surface area (Å²) in [7, 11) is 0. The Labute approximate surface area is 87.2 Å². The van der Waals surface area contributed by atoms with E-state index in [0.717, 1.165) is 6.07 Å². The van der Waals surface area contributed by atoms with Gasteiger partial charge in [0.15, 0.2) is 0 Å². The van der Waals surface area contributed by atoms with Gasteiger partial charge in [-0.1, -0.05) is 11.6 Å². The van der Waals surface area contributed by atoms with E-state index in [-0.39, 0.29) is 5.02 Å². The Bertz CT molecular complexity index is 359. The maximum atomic E-state index is 12.8. The van der Waals surface area contributed by atoms with Crippen molar-refractivity contribution >= 4 is 39.2 Å². The monoisotopic (exact) mass is 266 g/mol. The van der Waals surface area contributed by atoms with Gasteiger partial charge in [0.1, 0.15) is 5.82 Å². The molecule has 1 aromatic carbocycles. The smallest absolute Gasteiger partial charge is 0.316 e. The molecule has 70 valence electrons. The standard InChI is InChI=1S/C7H5BrClFN2O/c8-3-1-5(10)4(9)2-6(3)12-7(11)13/h1-2H,(H3,11,12,13). The predicted molar refractivity (Wildman–Crippen MR) is 52.3 cm³/mol. The molecule has 0 spiro atoms. The van der Waals surface area contributed by atoms with Crippen LogP contribution in [0, 0.1) is 5.82 Å². The van der Waals surface area contributed by atoms with Crippen molar-refractivity contribution in [1.29, 1.82) is 0 Å². The van der Waals surface area contributed by atoms with Crippen LogP contribution in [0.5, 0.6) is 0 Å². The number of amides is 2. The molecule has 0 fully saturated rings. The summed E-state index contributed by atoms with van der Waals surface area (Å²) >= 11 is 8.52. The number of benzene rings is 1. The van der Waals surface area contributed by atoms with Gasteiger partial charge in [-0.25, -0.2) is 9.18 Å². The number of primary amides is 1. The van der Waals surface area contributed by atoms with Crippen molar-refractivity contribution in [3.8, 4) is 0 Å². The molecule has 0 aliphatic rings. The summed E-state index contributed by atoms with van der Waals surface area (Å²) in [6.07, 6.45) is 0. The van der Waals surface area contributed by atoms with Crippen molar-refractivity contribution in [3.05, 3.63) is 27.4 Å². The summed E-state index contributed by atoms with van der Waals surface area (Å²) in [6.45, 7) is 0. The molecule has 3 nitrogen and oxygen atoms in total. The number of nitrogens with one attached hydrogen (secondary N) is 1. The lowest BCUT2D eigenvalue weighted by Crippen LogP contribution is -2.19. The molecule has 1 rings (SSSR count). The number of carbonyl (C=O) groups is 1. The van der Waals surface area contributed by atoms with Gasteiger partial charge in [0.2, 0.25) is 0 Å². The first-order valence-corrected chi connectivity index (χ1v) is 4.39. The molecule has 2 amide bonds. The third kappa shape index (κ3) is 2.57. The summed E-state index contributed by atoms with van der Waals surface area (Å²) in [6, 6.07) is 1.68. The average Bonchev–Trinajstić information content (AvgIpc) is 1.99. The van der Waals surface area contributed by atoms with Crippen LogP contribution in [0.4, 0.5) is 14.9 Å². The third-order valence-electron chi connectivity index (χ3n) is 1.27. The molecule has 0 saturated heterocycles. The van der Waals surface area contributed by atoms with Crippen molar-refractivity contribution < 1.29 is 9.18 Å². The second-order valence-electron chi connectivity index (χ2n) is 2.24. The zero-order chi connectivity index (χ0) is 10.0. The molecule has 0 atom stereocenters. The highest BCUT2D eigenvalue weighted by Crippen LogP contribution is 2.28. The topological polar surface area (TPSA) is 55.1 Å². The van der Waals surface area contributed by atoms with Gasteiger partial charge in [-0.2, -0.15) is 0 Å². The molecule has 1 aromatic rings. The Morgan fingerprint density at radius 2 is 2.23 bits per heavy atom. The molecule has 3 N–H and O–H groups in total. The lowest BCUT2D eigenvalue weighted by atomic mass is 10.3. The van der Waals surface area contributed by atoms with E-state index in [2.05, 4.69) is 21.2 Å². The number of urea groups is 1. The van der Waals surface area contributed by atoms with Crippen molar-refractivity contribution in [2.45, 2.75) is 0 Å². The zero-order valence-electron chi connectivity index (χ0n) is 6.27. The first kappa shape index (κ1) is 10.3. The van der Waals surface area contributed by atoms with Crippen LogP contribution in [0.2, 0.25) is 5.02 Å². The highest BCUT2D eigenvalue weighted by Gasteiger charge is 2.07. The first-order chi connectivity index (χ1) is 6.00. The van der Waals surface area contributed by atoms with Crippen LogP contribution in [-0.2, 0) is 0 Å². The SMILES string of the molecule is NC(=O)Nc1cc(Cl)c(F)cc1Br. The van der Waals surface area contributed by atoms with E-state index in [1.165, 1.54) is 6.07 Å². The Balaban J connectivity index is 3.08. The number of carbonyl (C=O) groups excluding carboxylic acids is 1. The molecular formula is C7H5BrClFN2O. The van der Waals surface area contributed by atoms with Crippen LogP contribution in [-0.4, -0.2) is 6.03 Å². The van der Waals surface area contributed by atoms with Crippen molar-refractivity contribution in [1.82, 2.24) is 0 Å². The molecule has 0 heterocycles. The Kier molecular flexibility index (Phi) is 3.11. The molecule has 0 radical (unpaired) electrons. The van der Waals surface area contributed by atoms with E-state index >= 15 is 0 Å². The van der Waals surface area contributed by atoms with Crippen LogP contribution in [0.3, 0.4) is 0 Å². The number of halogens is 3. The van der Waals surface area contributed by atoms with Gasteiger partial charge in [-0.05, 0) is 28.1 Å². The van der Waals surface area contributed by atoms with E-state index < -0.39 is 11.8 Å². The Morgan fingerprint density at radius 1 is 1.62 bits per heavy atom. The van der Waals surface area contributed by atoms with Gasteiger partial charge >= 0.3 is 6.03 Å². The maximum Gasteiger partial charge on any atom is 0.316 e. The van der Waals surface area contributed by atoms with E-state index in [1.54, 1.807) is 0 Å². The zero-order valence-corrected chi connectivity index (χ0v) is 8.62. The second kappa shape index (κ2) is 3.93. The quantitative estimate of drug-likeness (QED) is 0.755. The minimum atomic E-state index is -0.733. The van der Waals surface area contributed by atoms with E-state index in [9.17, 15) is 9.18 Å². The molecule has 0 bridgehead atoms. The molecule has 6 heteroatoms. The van der Waals surface area contributed by atoms with Gasteiger partial charge in [-0.15, -0.1) is 0 Å². The highest BCUT2D eigenvalue weighted by atomic mass is 79.9. The van der Waals surface area contributed by atoms with Gasteiger partial charge in [-0.3, -0.25) is 0 Å². The molecule has 13 heavy (non-hydrogen) atoms. The number of nitrogens with two attached hydrogens (primary N) is 1. The van der Waals surface area contributed by atoms with Crippen LogP contribution >= 0.6 is 27.5 Å². The summed E-state index contributed by atoms with van der Waals surface area (Å²) < 4.78 is 13.2. The summed E-state index contributed by atoms with van der Waals surface area (Å²) in [5, 5.41) is 2.21. The van der Waals surface area contributed by atoms with Crippen LogP contribution in [0.1, 0.15) is 0 Å².